The van der Waals surface area contributed by atoms with Crippen molar-refractivity contribution < 1.29 is 248 Å². The molecule has 4 amide bonds. The van der Waals surface area contributed by atoms with E-state index in [-0.39, 0.29) is 209 Å². The minimum absolute atomic E-state index is 0. The van der Waals surface area contributed by atoms with Gasteiger partial charge in [0.1, 0.15) is 11.5 Å². The van der Waals surface area contributed by atoms with Crippen LogP contribution in [-0.2, 0) is 54.4 Å². The van der Waals surface area contributed by atoms with E-state index in [4.69, 9.17) is 0 Å². The van der Waals surface area contributed by atoms with Crippen LogP contribution in [-0.4, -0.2) is 234 Å². The van der Waals surface area contributed by atoms with Gasteiger partial charge in [-0.3, -0.25) is 75.1 Å². The molecule has 0 heterocycles. The Morgan fingerprint density at radius 1 is 0.368 bits per heavy atom. The summed E-state index contributed by atoms with van der Waals surface area (Å²) in [5, 5.41) is 114. The summed E-state index contributed by atoms with van der Waals surface area (Å²) in [4.78, 5) is 151. The Kier molecular flexibility index (Phi) is 39.0. The maximum absolute atomic E-state index is 13.8. The number of phenolic OH excluding ortho intramolecular Hbond substituents is 2. The molecule has 0 saturated carbocycles. The van der Waals surface area contributed by atoms with Crippen molar-refractivity contribution in [1.82, 2.24) is 51.1 Å². The first-order chi connectivity index (χ1) is 39.2. The SMILES string of the molecule is O=C([O-])CN(CCN(CC(=O)[O-])CC(=O)[O-])CCN(CC(=O)[O-])CC(=O)NNC(=O)c1cc2ccccc2c(Cc2c(O)c(C(=O)NNC(=O)CN(CCN(CCN(CC(=O)[O-])CC(=O)[O-])CC(=O)[O-])CC(=O)O)cc3ccccc23)c1O.[Gd+2].[Gd+2].[Na+].[Na+]. The van der Waals surface area contributed by atoms with E-state index in [9.17, 15) is 109 Å². The summed E-state index contributed by atoms with van der Waals surface area (Å²) in [7, 11) is 0. The number of carbonyl (C=O) groups is 12. The summed E-state index contributed by atoms with van der Waals surface area (Å²) in [5.41, 5.74) is 7.69. The molecule has 4 aromatic rings. The van der Waals surface area contributed by atoms with E-state index in [1.54, 1.807) is 48.5 Å². The predicted octanol–water partition coefficient (Wildman–Crippen LogP) is -18.3. The molecule has 32 nitrogen and oxygen atoms in total. The van der Waals surface area contributed by atoms with Gasteiger partial charge in [0.25, 0.3) is 23.6 Å². The largest absolute Gasteiger partial charge is 2.00 e. The number of hydrogen-bond acceptors (Lipinski definition) is 27. The van der Waals surface area contributed by atoms with Crippen LogP contribution < -0.4 is 117 Å². The Morgan fingerprint density at radius 3 is 0.908 bits per heavy atom. The number of carbonyl (C=O) groups excluding carboxylic acids is 11. The number of aliphatic carboxylic acids is 8. The predicted molar refractivity (Wildman–Crippen MR) is 267 cm³/mol. The number of rotatable bonds is 36. The van der Waals surface area contributed by atoms with Gasteiger partial charge in [0.2, 0.25) is 0 Å². The first-order valence-electron chi connectivity index (χ1n) is 24.8. The smallest absolute Gasteiger partial charge is 0.549 e. The number of hydrazine groups is 2. The van der Waals surface area contributed by atoms with Crippen molar-refractivity contribution in [2.45, 2.75) is 6.42 Å². The summed E-state index contributed by atoms with van der Waals surface area (Å²) < 4.78 is 0. The zero-order chi connectivity index (χ0) is 61.5. The van der Waals surface area contributed by atoms with Crippen molar-refractivity contribution >= 4 is 92.9 Å². The van der Waals surface area contributed by atoms with Gasteiger partial charge in [0.15, 0.2) is 0 Å². The fourth-order valence-corrected chi connectivity index (χ4v) is 8.57. The quantitative estimate of drug-likeness (QED) is 0.0164. The van der Waals surface area contributed by atoms with Crippen molar-refractivity contribution in [2.75, 3.05) is 118 Å². The molecule has 0 unspecified atom stereocenters. The molecular formula is C51H55Gd2N10Na2O22-. The minimum atomic E-state index is -1.67. The summed E-state index contributed by atoms with van der Waals surface area (Å²) in [6.45, 7) is -10.4. The number of fused-ring (bicyclic) bond motifs is 2. The van der Waals surface area contributed by atoms with E-state index < -0.39 is 159 Å². The fraction of sp³-hybridized carbons (Fsp3) is 0.373. The van der Waals surface area contributed by atoms with E-state index in [0.717, 1.165) is 24.5 Å². The second-order valence-corrected chi connectivity index (χ2v) is 18.5. The fourth-order valence-electron chi connectivity index (χ4n) is 8.57. The normalized spacial score (nSPS) is 10.8. The molecule has 4 aromatic carbocycles. The molecule has 7 N–H and O–H groups in total. The summed E-state index contributed by atoms with van der Waals surface area (Å²) in [6, 6.07) is 15.3. The van der Waals surface area contributed by atoms with Gasteiger partial charge >= 0.3 is 145 Å². The molecule has 0 aliphatic carbocycles. The zero-order valence-electron chi connectivity index (χ0n) is 46.7. The molecule has 0 radical (unpaired) electrons. The third-order valence-corrected chi connectivity index (χ3v) is 12.2. The Labute approximate surface area is 603 Å². The van der Waals surface area contributed by atoms with E-state index in [1.165, 1.54) is 17.0 Å². The van der Waals surface area contributed by atoms with Gasteiger partial charge in [-0.05, 0) is 33.7 Å². The third kappa shape index (κ3) is 29.5. The van der Waals surface area contributed by atoms with E-state index in [1.807, 2.05) is 0 Å². The number of aromatic hydroxyl groups is 2. The van der Waals surface area contributed by atoms with Gasteiger partial charge in [-0.2, -0.15) is 0 Å². The number of carboxylic acids is 8. The molecule has 87 heavy (non-hydrogen) atoms. The third-order valence-electron chi connectivity index (χ3n) is 12.2. The van der Waals surface area contributed by atoms with Crippen molar-refractivity contribution in [3.8, 4) is 11.5 Å². The second-order valence-electron chi connectivity index (χ2n) is 18.5. The van der Waals surface area contributed by atoms with Crippen LogP contribution in [0.2, 0.25) is 0 Å². The Hall–Kier alpha value is -4.95. The molecule has 0 aromatic heterocycles. The van der Waals surface area contributed by atoms with Gasteiger partial charge in [-0.1, -0.05) is 48.5 Å². The Bertz CT molecular complexity index is 2880. The van der Waals surface area contributed by atoms with Crippen LogP contribution in [0.4, 0.5) is 0 Å². The monoisotopic (exact) mass is 1520 g/mol. The van der Waals surface area contributed by atoms with Gasteiger partial charge in [0, 0.05) is 116 Å². The molecule has 0 fully saturated rings. The minimum Gasteiger partial charge on any atom is -0.549 e. The van der Waals surface area contributed by atoms with Gasteiger partial charge < -0.3 is 84.6 Å². The summed E-state index contributed by atoms with van der Waals surface area (Å²) in [5.74, 6) is -18.3. The maximum Gasteiger partial charge on any atom is 2.00 e. The molecule has 0 spiro atoms. The molecule has 4 rings (SSSR count). The standard InChI is InChI=1S/C51H62N10O22.2Gd.2Na/c62-38(20-58(24-42(68)69)13-9-56(22-40(64)65)11-15-60(26-44(72)73)27-45(74)75)52-54-50(82)36-17-30-5-1-3-7-32(30)34(48(36)80)19-35-33-8-4-2-6-31(33)18-37(49(35)81)51(83)55-53-39(63)21-59(25-43(70)71)14-10-57(23-41(66)67)12-16-61(28-46(76)77)29-47(78)79;;;;/h1-8,17-18,80-81H,9-16,19-29H2,(H,52,62)(H,53,63)(H,54,82)(H,55,83)(H,64,65)(H,66,67)(H,68,69)(H,70,71)(H,72,73)(H,74,75)(H,76,77)(H,78,79);;;;/q;2*+2;2*+1/p-7. The van der Waals surface area contributed by atoms with Crippen LogP contribution >= 0.6 is 0 Å². The van der Waals surface area contributed by atoms with E-state index >= 15 is 0 Å². The molecule has 0 aliphatic rings. The average molecular weight is 1520 g/mol. The summed E-state index contributed by atoms with van der Waals surface area (Å²) in [6.07, 6.45) is -0.386. The first-order valence-corrected chi connectivity index (χ1v) is 24.8. The van der Waals surface area contributed by atoms with Crippen molar-refractivity contribution in [1.29, 1.82) is 0 Å². The van der Waals surface area contributed by atoms with Gasteiger partial charge in [0.05, 0.1) is 72.5 Å². The Morgan fingerprint density at radius 2 is 0.621 bits per heavy atom. The molecule has 0 saturated heterocycles. The number of benzene rings is 4. The first kappa shape index (κ1) is 82.0. The van der Waals surface area contributed by atoms with Crippen LogP contribution in [0.5, 0.6) is 11.5 Å². The molecule has 0 atom stereocenters. The zero-order valence-corrected chi connectivity index (χ0v) is 55.2. The number of nitrogens with zero attached hydrogens (tertiary/aromatic N) is 6. The number of carboxylic acid groups (broad SMARTS) is 8. The van der Waals surface area contributed by atoms with Crippen LogP contribution in [0, 0.1) is 79.9 Å². The molecule has 0 bridgehead atoms. The maximum atomic E-state index is 13.8. The van der Waals surface area contributed by atoms with Crippen molar-refractivity contribution in [3.05, 3.63) is 82.9 Å². The average Bonchev–Trinajstić information content (AvgIpc) is 0.885. The van der Waals surface area contributed by atoms with Crippen LogP contribution in [0.15, 0.2) is 60.7 Å². The number of phenols is 2. The van der Waals surface area contributed by atoms with E-state index in [2.05, 4.69) is 21.7 Å². The van der Waals surface area contributed by atoms with Crippen molar-refractivity contribution in [3.63, 3.8) is 0 Å². The van der Waals surface area contributed by atoms with Crippen LogP contribution in [0.1, 0.15) is 31.8 Å². The van der Waals surface area contributed by atoms with Crippen LogP contribution in [0.3, 0.4) is 0 Å². The molecule has 460 valence electrons. The van der Waals surface area contributed by atoms with Gasteiger partial charge in [-0.25, -0.2) is 0 Å². The number of amides is 4. The molecule has 0 aliphatic heterocycles. The van der Waals surface area contributed by atoms with Gasteiger partial charge in [-0.15, -0.1) is 0 Å². The van der Waals surface area contributed by atoms with Crippen molar-refractivity contribution in [2.24, 2.45) is 0 Å². The summed E-state index contributed by atoms with van der Waals surface area (Å²) >= 11 is 0. The second kappa shape index (κ2) is 41.4. The topological polar surface area (TPSA) is 495 Å². The Balaban J connectivity index is 0.0000185. The number of hydrogen-bond donors (Lipinski definition) is 7. The van der Waals surface area contributed by atoms with Crippen LogP contribution in [0.25, 0.3) is 21.5 Å². The van der Waals surface area contributed by atoms with E-state index in [0.29, 0.717) is 21.5 Å². The molecule has 36 heteroatoms. The number of nitrogens with one attached hydrogen (secondary N) is 4. The molecular weight excluding hydrogens is 1470 g/mol.